The summed E-state index contributed by atoms with van der Waals surface area (Å²) in [6.45, 7) is 5.34. The molecule has 0 bridgehead atoms. The van der Waals surface area contributed by atoms with Crippen LogP contribution in [0.1, 0.15) is 57.6 Å². The Bertz CT molecular complexity index is 1140. The van der Waals surface area contributed by atoms with E-state index in [0.717, 1.165) is 82.6 Å². The lowest BCUT2D eigenvalue weighted by Crippen LogP contribution is -2.47. The first kappa shape index (κ1) is 28.2. The van der Waals surface area contributed by atoms with Crippen LogP contribution < -0.4 is 5.32 Å². The summed E-state index contributed by atoms with van der Waals surface area (Å²) in [6, 6.07) is 6.80. The number of anilines is 1. The Hall–Kier alpha value is -2.80. The van der Waals surface area contributed by atoms with Gasteiger partial charge in [0.05, 0.1) is 54.1 Å². The Morgan fingerprint density at radius 3 is 2.71 bits per heavy atom. The minimum atomic E-state index is -0.575. The number of amides is 1. The van der Waals surface area contributed by atoms with E-state index in [-0.39, 0.29) is 5.91 Å². The van der Waals surface area contributed by atoms with Crippen LogP contribution in [0.15, 0.2) is 57.4 Å². The van der Waals surface area contributed by atoms with Crippen LogP contribution in [0.25, 0.3) is 0 Å². The number of halogens is 1. The third-order valence-corrected chi connectivity index (χ3v) is 8.49. The molecule has 9 heteroatoms. The maximum absolute atomic E-state index is 12.9. The van der Waals surface area contributed by atoms with Gasteiger partial charge in [0.15, 0.2) is 0 Å². The number of nitrogens with one attached hydrogen (secondary N) is 1. The second-order valence-electron chi connectivity index (χ2n) is 10.1. The van der Waals surface area contributed by atoms with Gasteiger partial charge in [-0.15, -0.1) is 0 Å². The zero-order valence-electron chi connectivity index (χ0n) is 22.3. The molecule has 0 spiro atoms. The van der Waals surface area contributed by atoms with Gasteiger partial charge < -0.3 is 10.1 Å². The van der Waals surface area contributed by atoms with Crippen LogP contribution in [0.2, 0.25) is 0 Å². The van der Waals surface area contributed by atoms with E-state index in [1.165, 1.54) is 4.48 Å². The van der Waals surface area contributed by atoms with Gasteiger partial charge in [0.2, 0.25) is 0 Å². The molecule has 0 unspecified atom stereocenters. The standard InChI is InChI=1S/C29H37BrN6O2/c1-3-22(19-33-35(2)25-6-4-5-23(30)7-9-25)28(37)34-24-8-10-27(32-20-24)29(21-31)13-11-26(12-14-29)36-15-17-38-18-16-36/h3,5-6,8,10,19-20,26H,4,7,9,11-18H2,1-2H3,(H,34,37)/b22-3-,33-19-. The molecule has 1 aromatic rings. The first-order valence-corrected chi connectivity index (χ1v) is 14.2. The molecule has 1 N–H and O–H groups in total. The molecule has 1 saturated heterocycles. The van der Waals surface area contributed by atoms with E-state index in [0.29, 0.717) is 17.3 Å². The van der Waals surface area contributed by atoms with Gasteiger partial charge >= 0.3 is 0 Å². The number of rotatable bonds is 7. The number of hydrogen-bond donors (Lipinski definition) is 1. The molecule has 1 saturated carbocycles. The van der Waals surface area contributed by atoms with Crippen LogP contribution in [-0.2, 0) is 14.9 Å². The van der Waals surface area contributed by atoms with Crippen molar-refractivity contribution in [3.8, 4) is 6.07 Å². The van der Waals surface area contributed by atoms with Crippen LogP contribution in [0, 0.1) is 11.3 Å². The summed E-state index contributed by atoms with van der Waals surface area (Å²) in [5, 5.41) is 19.3. The molecule has 38 heavy (non-hydrogen) atoms. The van der Waals surface area contributed by atoms with E-state index in [9.17, 15) is 10.1 Å². The van der Waals surface area contributed by atoms with Crippen molar-refractivity contribution in [3.05, 3.63) is 58.0 Å². The molecular formula is C29H37BrN6O2. The Kier molecular flexibility index (Phi) is 9.89. The number of morpholine rings is 1. The summed E-state index contributed by atoms with van der Waals surface area (Å²) in [5.41, 5.74) is 2.38. The molecule has 2 heterocycles. The van der Waals surface area contributed by atoms with Gasteiger partial charge in [-0.1, -0.05) is 34.2 Å². The molecule has 3 aliphatic rings. The molecule has 0 atom stereocenters. The summed E-state index contributed by atoms with van der Waals surface area (Å²) in [7, 11) is 1.90. The summed E-state index contributed by atoms with van der Waals surface area (Å²) < 4.78 is 6.69. The molecule has 2 aliphatic carbocycles. The fraction of sp³-hybridized carbons (Fsp3) is 0.517. The predicted octanol–water partition coefficient (Wildman–Crippen LogP) is 5.27. The van der Waals surface area contributed by atoms with E-state index >= 15 is 0 Å². The number of aromatic nitrogens is 1. The van der Waals surface area contributed by atoms with E-state index in [1.807, 2.05) is 31.1 Å². The Labute approximate surface area is 234 Å². The zero-order chi connectivity index (χ0) is 27.0. The van der Waals surface area contributed by atoms with Crippen molar-refractivity contribution in [2.45, 2.75) is 63.3 Å². The molecule has 4 rings (SSSR count). The second-order valence-corrected chi connectivity index (χ2v) is 11.1. The summed E-state index contributed by atoms with van der Waals surface area (Å²) in [6.07, 6.45) is 15.5. The lowest BCUT2D eigenvalue weighted by molar-refractivity contribution is -0.112. The normalized spacial score (nSPS) is 25.2. The Morgan fingerprint density at radius 1 is 1.29 bits per heavy atom. The van der Waals surface area contributed by atoms with E-state index in [4.69, 9.17) is 4.74 Å². The fourth-order valence-electron chi connectivity index (χ4n) is 5.34. The van der Waals surface area contributed by atoms with Gasteiger partial charge in [-0.05, 0) is 68.5 Å². The van der Waals surface area contributed by atoms with Crippen molar-refractivity contribution in [1.82, 2.24) is 14.9 Å². The molecule has 1 aromatic heterocycles. The lowest BCUT2D eigenvalue weighted by Gasteiger charge is -2.41. The number of nitriles is 1. The van der Waals surface area contributed by atoms with E-state index in [2.05, 4.69) is 54.5 Å². The monoisotopic (exact) mass is 580 g/mol. The zero-order valence-corrected chi connectivity index (χ0v) is 23.9. The maximum Gasteiger partial charge on any atom is 0.256 e. The molecule has 1 amide bonds. The highest BCUT2D eigenvalue weighted by atomic mass is 79.9. The first-order valence-electron chi connectivity index (χ1n) is 13.4. The average Bonchev–Trinajstić information content (AvgIpc) is 3.18. The Balaban J connectivity index is 1.34. The smallest absolute Gasteiger partial charge is 0.256 e. The average molecular weight is 582 g/mol. The van der Waals surface area contributed by atoms with Crippen molar-refractivity contribution >= 4 is 33.7 Å². The summed E-state index contributed by atoms with van der Waals surface area (Å²) >= 11 is 3.57. The quantitative estimate of drug-likeness (QED) is 0.268. The van der Waals surface area contributed by atoms with Gasteiger partial charge in [0.25, 0.3) is 5.91 Å². The number of carbonyl (C=O) groups is 1. The largest absolute Gasteiger partial charge is 0.379 e. The second kappa shape index (κ2) is 13.3. The first-order chi connectivity index (χ1) is 18.4. The predicted molar refractivity (Wildman–Crippen MR) is 154 cm³/mol. The topological polar surface area (TPSA) is 93.9 Å². The lowest BCUT2D eigenvalue weighted by atomic mass is 9.71. The van der Waals surface area contributed by atoms with Crippen molar-refractivity contribution < 1.29 is 9.53 Å². The molecular weight excluding hydrogens is 544 g/mol. The van der Waals surface area contributed by atoms with Gasteiger partial charge in [-0.25, -0.2) is 0 Å². The minimum absolute atomic E-state index is 0.250. The van der Waals surface area contributed by atoms with Crippen molar-refractivity contribution in [3.63, 3.8) is 0 Å². The summed E-state index contributed by atoms with van der Waals surface area (Å²) in [5.74, 6) is -0.250. The van der Waals surface area contributed by atoms with Crippen LogP contribution in [0.3, 0.4) is 0 Å². The SMILES string of the molecule is C/C=C(/C=N\N(C)C1=CCC=C(Br)CC1)C(=O)Nc1ccc(C2(C#N)CCC(N3CCOCC3)CC2)nc1. The highest BCUT2D eigenvalue weighted by Crippen LogP contribution is 2.40. The third-order valence-electron chi connectivity index (χ3n) is 7.77. The summed E-state index contributed by atoms with van der Waals surface area (Å²) in [4.78, 5) is 20.0. The number of allylic oxidation sites excluding steroid dienone is 5. The van der Waals surface area contributed by atoms with Crippen LogP contribution >= 0.6 is 15.9 Å². The number of nitrogens with zero attached hydrogens (tertiary/aromatic N) is 5. The minimum Gasteiger partial charge on any atom is -0.379 e. The maximum atomic E-state index is 12.9. The van der Waals surface area contributed by atoms with Crippen LogP contribution in [0.5, 0.6) is 0 Å². The molecule has 2 fully saturated rings. The number of hydrazone groups is 1. The van der Waals surface area contributed by atoms with Gasteiger partial charge in [-0.3, -0.25) is 19.7 Å². The number of ether oxygens (including phenoxy) is 1. The third kappa shape index (κ3) is 6.99. The number of pyridine rings is 1. The van der Waals surface area contributed by atoms with Crippen molar-refractivity contribution in [2.75, 3.05) is 38.7 Å². The van der Waals surface area contributed by atoms with Crippen molar-refractivity contribution in [2.24, 2.45) is 5.10 Å². The number of carbonyl (C=O) groups excluding carboxylic acids is 1. The van der Waals surface area contributed by atoms with Crippen LogP contribution in [0.4, 0.5) is 5.69 Å². The molecule has 1 aliphatic heterocycles. The molecule has 0 radical (unpaired) electrons. The molecule has 202 valence electrons. The van der Waals surface area contributed by atoms with E-state index in [1.54, 1.807) is 18.5 Å². The highest BCUT2D eigenvalue weighted by molar-refractivity contribution is 9.11. The van der Waals surface area contributed by atoms with E-state index < -0.39 is 5.41 Å². The van der Waals surface area contributed by atoms with Gasteiger partial charge in [-0.2, -0.15) is 10.4 Å². The molecule has 8 nitrogen and oxygen atoms in total. The van der Waals surface area contributed by atoms with Gasteiger partial charge in [0.1, 0.15) is 0 Å². The number of hydrogen-bond acceptors (Lipinski definition) is 7. The highest BCUT2D eigenvalue weighted by Gasteiger charge is 2.40. The molecule has 0 aromatic carbocycles. The van der Waals surface area contributed by atoms with Crippen molar-refractivity contribution in [1.29, 1.82) is 5.26 Å². The van der Waals surface area contributed by atoms with Crippen LogP contribution in [-0.4, -0.2) is 66.4 Å². The fourth-order valence-corrected chi connectivity index (χ4v) is 5.72. The van der Waals surface area contributed by atoms with Gasteiger partial charge in [0, 0.05) is 31.9 Å². The Morgan fingerprint density at radius 2 is 2.05 bits per heavy atom.